The van der Waals surface area contributed by atoms with E-state index in [1.165, 1.54) is 16.4 Å². The summed E-state index contributed by atoms with van der Waals surface area (Å²) < 4.78 is 26.1. The largest absolute Gasteiger partial charge is 0.244 e. The molecule has 0 saturated carbocycles. The van der Waals surface area contributed by atoms with Crippen molar-refractivity contribution in [3.63, 3.8) is 0 Å². The Kier molecular flexibility index (Phi) is 6.21. The number of benzene rings is 1. The fourth-order valence-corrected chi connectivity index (χ4v) is 3.84. The lowest BCUT2D eigenvalue weighted by atomic mass is 10.4. The van der Waals surface area contributed by atoms with Crippen LogP contribution >= 0.6 is 34.8 Å². The Hall–Kier alpha value is -0.000000000000000111. The second kappa shape index (κ2) is 6.96. The summed E-state index contributed by atoms with van der Waals surface area (Å²) in [5.74, 6) is 0.412. The van der Waals surface area contributed by atoms with Gasteiger partial charge in [-0.05, 0) is 24.6 Å². The summed E-state index contributed by atoms with van der Waals surface area (Å²) in [6, 6.07) is 4.40. The van der Waals surface area contributed by atoms with Gasteiger partial charge in [0, 0.05) is 24.0 Å². The van der Waals surface area contributed by atoms with Gasteiger partial charge in [-0.2, -0.15) is 4.31 Å². The average Bonchev–Trinajstić information content (AvgIpc) is 2.33. The van der Waals surface area contributed by atoms with Gasteiger partial charge in [0.1, 0.15) is 4.90 Å². The Morgan fingerprint density at radius 2 is 1.94 bits per heavy atom. The number of rotatable bonds is 6. The quantitative estimate of drug-likeness (QED) is 0.747. The molecular weight excluding hydrogens is 317 g/mol. The van der Waals surface area contributed by atoms with Crippen LogP contribution in [0.1, 0.15) is 13.3 Å². The minimum absolute atomic E-state index is 0.0353. The van der Waals surface area contributed by atoms with Crippen molar-refractivity contribution >= 4 is 44.8 Å². The molecule has 0 aromatic heterocycles. The molecule has 0 aliphatic carbocycles. The number of hydrogen-bond donors (Lipinski definition) is 0. The second-order valence-corrected chi connectivity index (χ2v) is 6.74. The Morgan fingerprint density at radius 1 is 1.28 bits per heavy atom. The molecule has 0 N–H and O–H groups in total. The predicted molar refractivity (Wildman–Crippen MR) is 76.2 cm³/mol. The van der Waals surface area contributed by atoms with Gasteiger partial charge in [0.2, 0.25) is 10.0 Å². The van der Waals surface area contributed by atoms with Crippen molar-refractivity contribution in [2.75, 3.05) is 19.0 Å². The first-order valence-corrected chi connectivity index (χ1v) is 8.17. The Labute approximate surface area is 123 Å². The van der Waals surface area contributed by atoms with Crippen LogP contribution in [-0.2, 0) is 10.0 Å². The van der Waals surface area contributed by atoms with Gasteiger partial charge in [-0.25, -0.2) is 8.42 Å². The molecule has 1 aromatic rings. The molecule has 18 heavy (non-hydrogen) atoms. The van der Waals surface area contributed by atoms with Crippen molar-refractivity contribution in [1.29, 1.82) is 0 Å². The highest BCUT2D eigenvalue weighted by atomic mass is 35.5. The lowest BCUT2D eigenvalue weighted by Gasteiger charge is -2.20. The number of hydrogen-bond acceptors (Lipinski definition) is 2. The zero-order chi connectivity index (χ0) is 13.8. The molecule has 0 saturated heterocycles. The van der Waals surface area contributed by atoms with Crippen molar-refractivity contribution in [3.8, 4) is 0 Å². The number of nitrogens with zero attached hydrogens (tertiary/aromatic N) is 1. The highest BCUT2D eigenvalue weighted by Crippen LogP contribution is 2.27. The molecule has 0 aliphatic heterocycles. The topological polar surface area (TPSA) is 37.4 Å². The van der Waals surface area contributed by atoms with Crippen molar-refractivity contribution in [3.05, 3.63) is 28.2 Å². The maximum atomic E-state index is 12.4. The Bertz CT molecular complexity index is 505. The van der Waals surface area contributed by atoms with E-state index < -0.39 is 10.0 Å². The third kappa shape index (κ3) is 3.75. The molecule has 1 rings (SSSR count). The molecule has 0 radical (unpaired) electrons. The number of halogens is 3. The fourth-order valence-electron chi connectivity index (χ4n) is 1.50. The zero-order valence-electron chi connectivity index (χ0n) is 9.87. The minimum Gasteiger partial charge on any atom is -0.207 e. The third-order valence-corrected chi connectivity index (χ3v) is 5.36. The van der Waals surface area contributed by atoms with Gasteiger partial charge in [-0.3, -0.25) is 0 Å². The molecule has 0 fully saturated rings. The highest BCUT2D eigenvalue weighted by molar-refractivity contribution is 7.89. The van der Waals surface area contributed by atoms with E-state index in [9.17, 15) is 8.42 Å². The van der Waals surface area contributed by atoms with Gasteiger partial charge in [0.05, 0.1) is 5.02 Å². The number of alkyl halides is 1. The summed E-state index contributed by atoms with van der Waals surface area (Å²) in [5.41, 5.74) is 0. The molecule has 1 aromatic carbocycles. The number of sulfonamides is 1. The standard InChI is InChI=1S/C11H14Cl3NO2S/c1-2-15(7-3-6-12)18(16,17)11-8-9(13)4-5-10(11)14/h4-5,8H,2-3,6-7H2,1H3. The van der Waals surface area contributed by atoms with E-state index in [4.69, 9.17) is 34.8 Å². The van der Waals surface area contributed by atoms with Crippen LogP contribution in [0.2, 0.25) is 10.0 Å². The lowest BCUT2D eigenvalue weighted by Crippen LogP contribution is -2.32. The molecule has 0 atom stereocenters. The van der Waals surface area contributed by atoms with Crippen LogP contribution < -0.4 is 0 Å². The molecule has 7 heteroatoms. The smallest absolute Gasteiger partial charge is 0.207 e. The second-order valence-electron chi connectivity index (χ2n) is 3.61. The summed E-state index contributed by atoms with van der Waals surface area (Å²) in [5, 5.41) is 0.509. The molecule has 0 aliphatic rings. The third-order valence-electron chi connectivity index (χ3n) is 2.40. The maximum Gasteiger partial charge on any atom is 0.244 e. The summed E-state index contributed by atoms with van der Waals surface area (Å²) in [6.45, 7) is 2.50. The Morgan fingerprint density at radius 3 is 2.50 bits per heavy atom. The zero-order valence-corrected chi connectivity index (χ0v) is 13.0. The van der Waals surface area contributed by atoms with Crippen LogP contribution in [0, 0.1) is 0 Å². The Balaban J connectivity index is 3.14. The predicted octanol–water partition coefficient (Wildman–Crippen LogP) is 3.63. The fraction of sp³-hybridized carbons (Fsp3) is 0.455. The molecule has 3 nitrogen and oxygen atoms in total. The molecule has 0 amide bonds. The molecule has 102 valence electrons. The SMILES string of the molecule is CCN(CCCCl)S(=O)(=O)c1cc(Cl)ccc1Cl. The van der Waals surface area contributed by atoms with Crippen LogP contribution in [0.25, 0.3) is 0 Å². The monoisotopic (exact) mass is 329 g/mol. The van der Waals surface area contributed by atoms with Crippen molar-refractivity contribution < 1.29 is 8.42 Å². The van der Waals surface area contributed by atoms with E-state index >= 15 is 0 Å². The summed E-state index contributed by atoms with van der Waals surface area (Å²) in [6.07, 6.45) is 0.590. The highest BCUT2D eigenvalue weighted by Gasteiger charge is 2.25. The van der Waals surface area contributed by atoms with E-state index in [0.717, 1.165) is 0 Å². The average molecular weight is 331 g/mol. The van der Waals surface area contributed by atoms with Gasteiger partial charge >= 0.3 is 0 Å². The van der Waals surface area contributed by atoms with E-state index in [2.05, 4.69) is 0 Å². The van der Waals surface area contributed by atoms with Gasteiger partial charge in [-0.1, -0.05) is 30.1 Å². The van der Waals surface area contributed by atoms with Crippen LogP contribution in [0.3, 0.4) is 0 Å². The van der Waals surface area contributed by atoms with Crippen molar-refractivity contribution in [2.45, 2.75) is 18.2 Å². The first-order chi connectivity index (χ1) is 8.43. The van der Waals surface area contributed by atoms with Crippen molar-refractivity contribution in [2.24, 2.45) is 0 Å². The van der Waals surface area contributed by atoms with Crippen LogP contribution in [0.15, 0.2) is 23.1 Å². The van der Waals surface area contributed by atoms with Crippen LogP contribution in [-0.4, -0.2) is 31.7 Å². The van der Waals surface area contributed by atoms with Gasteiger partial charge in [0.15, 0.2) is 0 Å². The van der Waals surface area contributed by atoms with Crippen molar-refractivity contribution in [1.82, 2.24) is 4.31 Å². The van der Waals surface area contributed by atoms with E-state index in [-0.39, 0.29) is 9.92 Å². The van der Waals surface area contributed by atoms with Gasteiger partial charge in [-0.15, -0.1) is 11.6 Å². The normalized spacial score (nSPS) is 12.1. The first kappa shape index (κ1) is 16.1. The molecule has 0 heterocycles. The molecular formula is C11H14Cl3NO2S. The lowest BCUT2D eigenvalue weighted by molar-refractivity contribution is 0.428. The first-order valence-electron chi connectivity index (χ1n) is 5.44. The molecule has 0 unspecified atom stereocenters. The molecule has 0 bridgehead atoms. The van der Waals surface area contributed by atoms with E-state index in [1.54, 1.807) is 13.0 Å². The van der Waals surface area contributed by atoms with Crippen LogP contribution in [0.4, 0.5) is 0 Å². The summed E-state index contributed by atoms with van der Waals surface area (Å²) in [7, 11) is -3.62. The van der Waals surface area contributed by atoms with E-state index in [0.29, 0.717) is 30.4 Å². The van der Waals surface area contributed by atoms with Crippen LogP contribution in [0.5, 0.6) is 0 Å². The van der Waals surface area contributed by atoms with Gasteiger partial charge < -0.3 is 0 Å². The molecule has 0 spiro atoms. The summed E-state index contributed by atoms with van der Waals surface area (Å²) in [4.78, 5) is 0.0353. The minimum atomic E-state index is -3.62. The van der Waals surface area contributed by atoms with Gasteiger partial charge in [0.25, 0.3) is 0 Å². The summed E-state index contributed by atoms with van der Waals surface area (Å²) >= 11 is 17.3. The van der Waals surface area contributed by atoms with E-state index in [1.807, 2.05) is 0 Å². The maximum absolute atomic E-state index is 12.4.